The monoisotopic (exact) mass is 240 g/mol. The van der Waals surface area contributed by atoms with Gasteiger partial charge in [-0.05, 0) is 55.8 Å². The largest absolute Gasteiger partial charge is 0.390 e. The van der Waals surface area contributed by atoms with Gasteiger partial charge in [0.1, 0.15) is 0 Å². The van der Waals surface area contributed by atoms with Crippen LogP contribution in [0.25, 0.3) is 0 Å². The second-order valence-electron chi connectivity index (χ2n) is 7.30. The molecule has 1 heterocycles. The Balaban J connectivity index is 1.84. The van der Waals surface area contributed by atoms with Gasteiger partial charge in [-0.3, -0.25) is 0 Å². The molecule has 1 saturated heterocycles. The summed E-state index contributed by atoms with van der Waals surface area (Å²) in [6.45, 7) is 8.74. The zero-order chi connectivity index (χ0) is 12.5. The van der Waals surface area contributed by atoms with Gasteiger partial charge in [-0.25, -0.2) is 0 Å². The minimum atomic E-state index is -0.389. The van der Waals surface area contributed by atoms with Gasteiger partial charge >= 0.3 is 0 Å². The maximum absolute atomic E-state index is 10.7. The predicted molar refractivity (Wildman–Crippen MR) is 69.9 cm³/mol. The molecule has 1 saturated carbocycles. The van der Waals surface area contributed by atoms with Crippen molar-refractivity contribution in [3.8, 4) is 0 Å². The fourth-order valence-corrected chi connectivity index (χ4v) is 3.51. The summed E-state index contributed by atoms with van der Waals surface area (Å²) in [6.07, 6.45) is 6.47. The third kappa shape index (κ3) is 3.45. The Morgan fingerprint density at radius 2 is 1.82 bits per heavy atom. The van der Waals surface area contributed by atoms with E-state index in [-0.39, 0.29) is 5.60 Å². The first-order chi connectivity index (χ1) is 7.89. The minimum absolute atomic E-state index is 0.389. The molecule has 2 nitrogen and oxygen atoms in total. The van der Waals surface area contributed by atoms with Crippen LogP contribution in [0.5, 0.6) is 0 Å². The van der Waals surface area contributed by atoms with Crippen molar-refractivity contribution < 1.29 is 9.84 Å². The Kier molecular flexibility index (Phi) is 3.84. The second kappa shape index (κ2) is 4.89. The molecule has 2 aliphatic rings. The Morgan fingerprint density at radius 3 is 2.29 bits per heavy atom. The Bertz CT molecular complexity index is 240. The third-order valence-electron chi connectivity index (χ3n) is 4.83. The molecule has 0 bridgehead atoms. The van der Waals surface area contributed by atoms with E-state index in [1.807, 2.05) is 0 Å². The van der Waals surface area contributed by atoms with E-state index in [9.17, 15) is 5.11 Å². The zero-order valence-corrected chi connectivity index (χ0v) is 11.7. The van der Waals surface area contributed by atoms with Crippen LogP contribution < -0.4 is 0 Å². The molecule has 0 radical (unpaired) electrons. The van der Waals surface area contributed by atoms with Crippen LogP contribution in [0.15, 0.2) is 0 Å². The van der Waals surface area contributed by atoms with E-state index in [0.29, 0.717) is 11.3 Å². The molecule has 1 unspecified atom stereocenters. The van der Waals surface area contributed by atoms with Gasteiger partial charge in [0, 0.05) is 13.2 Å². The highest BCUT2D eigenvalue weighted by molar-refractivity contribution is 4.91. The van der Waals surface area contributed by atoms with Crippen LogP contribution in [0.4, 0.5) is 0 Å². The summed E-state index contributed by atoms with van der Waals surface area (Å²) < 4.78 is 5.41. The number of aliphatic hydroxyl groups is 1. The highest BCUT2D eigenvalue weighted by Crippen LogP contribution is 2.44. The van der Waals surface area contributed by atoms with E-state index < -0.39 is 0 Å². The number of ether oxygens (including phenoxy) is 1. The SMILES string of the molecule is CC(C)(C)C1CCC(O)(CC2CCOC2)CC1. The average molecular weight is 240 g/mol. The Labute approximate surface area is 106 Å². The molecule has 2 heteroatoms. The van der Waals surface area contributed by atoms with Gasteiger partial charge in [-0.15, -0.1) is 0 Å². The molecule has 0 aromatic rings. The van der Waals surface area contributed by atoms with Gasteiger partial charge in [-0.2, -0.15) is 0 Å². The molecule has 0 aromatic carbocycles. The molecule has 2 rings (SSSR count). The quantitative estimate of drug-likeness (QED) is 0.802. The van der Waals surface area contributed by atoms with E-state index in [1.54, 1.807) is 0 Å². The fourth-order valence-electron chi connectivity index (χ4n) is 3.51. The lowest BCUT2D eigenvalue weighted by Gasteiger charge is -2.42. The third-order valence-corrected chi connectivity index (χ3v) is 4.83. The first-order valence-corrected chi connectivity index (χ1v) is 7.19. The van der Waals surface area contributed by atoms with Gasteiger partial charge in [0.15, 0.2) is 0 Å². The molecular formula is C15H28O2. The normalized spacial score (nSPS) is 39.5. The van der Waals surface area contributed by atoms with Gasteiger partial charge in [0.05, 0.1) is 5.60 Å². The van der Waals surface area contributed by atoms with Crippen molar-refractivity contribution in [1.29, 1.82) is 0 Å². The van der Waals surface area contributed by atoms with Crippen molar-refractivity contribution in [2.45, 2.75) is 64.9 Å². The highest BCUT2D eigenvalue weighted by Gasteiger charge is 2.39. The lowest BCUT2D eigenvalue weighted by Crippen LogP contribution is -2.39. The molecular weight excluding hydrogens is 212 g/mol. The van der Waals surface area contributed by atoms with Crippen LogP contribution >= 0.6 is 0 Å². The minimum Gasteiger partial charge on any atom is -0.390 e. The molecule has 1 aliphatic carbocycles. The first kappa shape index (κ1) is 13.4. The molecule has 0 spiro atoms. The van der Waals surface area contributed by atoms with Crippen molar-refractivity contribution in [1.82, 2.24) is 0 Å². The summed E-state index contributed by atoms with van der Waals surface area (Å²) in [5, 5.41) is 10.7. The van der Waals surface area contributed by atoms with Crippen LogP contribution in [-0.4, -0.2) is 23.9 Å². The van der Waals surface area contributed by atoms with Crippen LogP contribution in [0.2, 0.25) is 0 Å². The van der Waals surface area contributed by atoms with Crippen molar-refractivity contribution in [3.63, 3.8) is 0 Å². The standard InChI is InChI=1S/C15H28O2/c1-14(2,3)13-4-7-15(16,8-5-13)10-12-6-9-17-11-12/h12-13,16H,4-11H2,1-3H3. The van der Waals surface area contributed by atoms with Crippen LogP contribution in [0.3, 0.4) is 0 Å². The molecule has 0 aromatic heterocycles. The molecule has 1 atom stereocenters. The maximum atomic E-state index is 10.7. The van der Waals surface area contributed by atoms with Crippen molar-refractivity contribution in [2.75, 3.05) is 13.2 Å². The zero-order valence-electron chi connectivity index (χ0n) is 11.7. The topological polar surface area (TPSA) is 29.5 Å². The summed E-state index contributed by atoms with van der Waals surface area (Å²) in [4.78, 5) is 0. The van der Waals surface area contributed by atoms with Crippen LogP contribution in [-0.2, 0) is 4.74 Å². The van der Waals surface area contributed by atoms with Crippen molar-refractivity contribution >= 4 is 0 Å². The molecule has 0 amide bonds. The van der Waals surface area contributed by atoms with E-state index in [4.69, 9.17) is 4.74 Å². The fraction of sp³-hybridized carbons (Fsp3) is 1.00. The smallest absolute Gasteiger partial charge is 0.0651 e. The lowest BCUT2D eigenvalue weighted by atomic mass is 9.67. The van der Waals surface area contributed by atoms with Crippen LogP contribution in [0.1, 0.15) is 59.3 Å². The van der Waals surface area contributed by atoms with Crippen molar-refractivity contribution in [3.05, 3.63) is 0 Å². The maximum Gasteiger partial charge on any atom is 0.0651 e. The molecule has 1 aliphatic heterocycles. The molecule has 2 fully saturated rings. The van der Waals surface area contributed by atoms with E-state index in [0.717, 1.165) is 44.8 Å². The van der Waals surface area contributed by atoms with Gasteiger partial charge in [0.25, 0.3) is 0 Å². The van der Waals surface area contributed by atoms with E-state index in [1.165, 1.54) is 12.8 Å². The Hall–Kier alpha value is -0.0800. The molecule has 100 valence electrons. The number of hydrogen-bond acceptors (Lipinski definition) is 2. The summed E-state index contributed by atoms with van der Waals surface area (Å²) >= 11 is 0. The predicted octanol–water partition coefficient (Wildman–Crippen LogP) is 3.38. The number of rotatable bonds is 2. The van der Waals surface area contributed by atoms with Gasteiger partial charge in [-0.1, -0.05) is 20.8 Å². The van der Waals surface area contributed by atoms with E-state index in [2.05, 4.69) is 20.8 Å². The van der Waals surface area contributed by atoms with Crippen LogP contribution in [0, 0.1) is 17.3 Å². The second-order valence-corrected chi connectivity index (χ2v) is 7.30. The number of hydrogen-bond donors (Lipinski definition) is 1. The van der Waals surface area contributed by atoms with Crippen molar-refractivity contribution in [2.24, 2.45) is 17.3 Å². The summed E-state index contributed by atoms with van der Waals surface area (Å²) in [5.41, 5.74) is 0.0118. The summed E-state index contributed by atoms with van der Waals surface area (Å²) in [6, 6.07) is 0. The Morgan fingerprint density at radius 1 is 1.18 bits per heavy atom. The van der Waals surface area contributed by atoms with Gasteiger partial charge < -0.3 is 9.84 Å². The summed E-state index contributed by atoms with van der Waals surface area (Å²) in [5.74, 6) is 1.38. The summed E-state index contributed by atoms with van der Waals surface area (Å²) in [7, 11) is 0. The molecule has 1 N–H and O–H groups in total. The average Bonchev–Trinajstić information content (AvgIpc) is 2.68. The van der Waals surface area contributed by atoms with E-state index >= 15 is 0 Å². The first-order valence-electron chi connectivity index (χ1n) is 7.19. The van der Waals surface area contributed by atoms with Gasteiger partial charge in [0.2, 0.25) is 0 Å². The lowest BCUT2D eigenvalue weighted by molar-refractivity contribution is -0.0428. The molecule has 17 heavy (non-hydrogen) atoms. The highest BCUT2D eigenvalue weighted by atomic mass is 16.5.